The predicted octanol–water partition coefficient (Wildman–Crippen LogP) is 4.22. The molecule has 4 aliphatic rings. The molecule has 1 unspecified atom stereocenters. The summed E-state index contributed by atoms with van der Waals surface area (Å²) in [6, 6.07) is 25.2. The normalized spacial score (nSPS) is 27.0. The Labute approximate surface area is 281 Å². The maximum atomic E-state index is 15.0. The number of rotatable bonds is 9. The smallest absolute Gasteiger partial charge is 0.253 e. The number of fused-ring (bicyclic) bond motifs is 2. The van der Waals surface area contributed by atoms with Gasteiger partial charge < -0.3 is 29.4 Å². The Hall–Kier alpha value is -4.73. The van der Waals surface area contributed by atoms with E-state index in [2.05, 4.69) is 18.7 Å². The van der Waals surface area contributed by atoms with Crippen molar-refractivity contribution in [2.45, 2.75) is 44.1 Å². The first-order chi connectivity index (χ1) is 23.4. The Morgan fingerprint density at radius 1 is 0.812 bits per heavy atom. The highest BCUT2D eigenvalue weighted by Gasteiger charge is 2.72. The fourth-order valence-corrected chi connectivity index (χ4v) is 8.11. The molecule has 48 heavy (non-hydrogen) atoms. The standard InChI is InChI=1S/C39H42N4O5/c1-3-40(4-2)28-18-20-30(21-19-28)42-24-12-22-39-34(33-32(48-39)17-11-23-41(36(33)45)29-15-9-6-10-16-29)37(46)43(35(39)38(42)47)31(26-44)25-27-13-7-5-8-14-27/h5-22,31-35,44H,3-4,23-26H2,1-2H3/t31-,32-,33+,34+,35?,39+/m1/s1. The molecule has 3 aromatic rings. The van der Waals surface area contributed by atoms with Gasteiger partial charge in [-0.2, -0.15) is 0 Å². The summed E-state index contributed by atoms with van der Waals surface area (Å²) in [5.41, 5.74) is 2.03. The number of anilines is 3. The minimum atomic E-state index is -1.40. The summed E-state index contributed by atoms with van der Waals surface area (Å²) in [4.78, 5) is 51.5. The van der Waals surface area contributed by atoms with Gasteiger partial charge in [0.1, 0.15) is 11.6 Å². The maximum absolute atomic E-state index is 15.0. The van der Waals surface area contributed by atoms with E-state index in [1.807, 2.05) is 109 Å². The second kappa shape index (κ2) is 13.1. The number of amides is 3. The highest BCUT2D eigenvalue weighted by Crippen LogP contribution is 2.54. The highest BCUT2D eigenvalue weighted by atomic mass is 16.5. The maximum Gasteiger partial charge on any atom is 0.253 e. The van der Waals surface area contributed by atoms with Crippen LogP contribution in [0.3, 0.4) is 0 Å². The lowest BCUT2D eigenvalue weighted by molar-refractivity contribution is -0.144. The summed E-state index contributed by atoms with van der Waals surface area (Å²) >= 11 is 0. The van der Waals surface area contributed by atoms with Gasteiger partial charge in [-0.3, -0.25) is 14.4 Å². The lowest BCUT2D eigenvalue weighted by atomic mass is 9.77. The van der Waals surface area contributed by atoms with Crippen molar-refractivity contribution in [3.05, 3.63) is 115 Å². The van der Waals surface area contributed by atoms with Gasteiger partial charge in [0.05, 0.1) is 30.6 Å². The Morgan fingerprint density at radius 3 is 2.10 bits per heavy atom. The van der Waals surface area contributed by atoms with Crippen LogP contribution in [0, 0.1) is 11.8 Å². The monoisotopic (exact) mass is 646 g/mol. The molecule has 0 radical (unpaired) electrons. The average molecular weight is 647 g/mol. The van der Waals surface area contributed by atoms with E-state index < -0.39 is 35.6 Å². The number of carbonyl (C=O) groups is 3. The fraction of sp³-hybridized carbons (Fsp3) is 0.359. The van der Waals surface area contributed by atoms with Crippen LogP contribution in [0.4, 0.5) is 17.1 Å². The summed E-state index contributed by atoms with van der Waals surface area (Å²) in [5, 5.41) is 10.8. The molecule has 4 heterocycles. The molecular formula is C39H42N4O5. The molecule has 0 bridgehead atoms. The number of likely N-dealkylation sites (tertiary alicyclic amines) is 1. The molecule has 9 heteroatoms. The van der Waals surface area contributed by atoms with E-state index in [1.165, 1.54) is 4.90 Å². The van der Waals surface area contributed by atoms with E-state index >= 15 is 0 Å². The van der Waals surface area contributed by atoms with E-state index in [9.17, 15) is 19.5 Å². The lowest BCUT2D eigenvalue weighted by Crippen LogP contribution is -2.58. The van der Waals surface area contributed by atoms with Crippen LogP contribution >= 0.6 is 0 Å². The van der Waals surface area contributed by atoms with Crippen LogP contribution in [0.1, 0.15) is 19.4 Å². The topological polar surface area (TPSA) is 93.6 Å². The summed E-state index contributed by atoms with van der Waals surface area (Å²) in [5.74, 6) is -2.67. The Morgan fingerprint density at radius 2 is 1.44 bits per heavy atom. The van der Waals surface area contributed by atoms with E-state index in [1.54, 1.807) is 9.80 Å². The number of aliphatic hydroxyl groups is 1. The number of nitrogens with zero attached hydrogens (tertiary/aromatic N) is 4. The number of carbonyl (C=O) groups excluding carboxylic acids is 3. The molecule has 1 N–H and O–H groups in total. The van der Waals surface area contributed by atoms with Gasteiger partial charge in [0, 0.05) is 43.2 Å². The van der Waals surface area contributed by atoms with Gasteiger partial charge in [-0.15, -0.1) is 0 Å². The van der Waals surface area contributed by atoms with Crippen LogP contribution in [0.15, 0.2) is 109 Å². The molecule has 0 saturated carbocycles. The summed E-state index contributed by atoms with van der Waals surface area (Å²) in [6.45, 7) is 6.21. The van der Waals surface area contributed by atoms with E-state index in [0.717, 1.165) is 30.0 Å². The van der Waals surface area contributed by atoms with Crippen LogP contribution in [-0.2, 0) is 25.5 Å². The molecule has 1 spiro atoms. The van der Waals surface area contributed by atoms with Crippen molar-refractivity contribution in [1.29, 1.82) is 0 Å². The molecule has 4 aliphatic heterocycles. The lowest BCUT2D eigenvalue weighted by Gasteiger charge is -2.38. The van der Waals surface area contributed by atoms with Crippen molar-refractivity contribution in [2.75, 3.05) is 47.5 Å². The average Bonchev–Trinajstić information content (AvgIpc) is 3.44. The molecular weight excluding hydrogens is 604 g/mol. The number of benzene rings is 3. The number of aliphatic hydroxyl groups excluding tert-OH is 1. The van der Waals surface area contributed by atoms with Crippen molar-refractivity contribution >= 4 is 34.8 Å². The molecule has 3 amide bonds. The van der Waals surface area contributed by atoms with Crippen LogP contribution in [0.2, 0.25) is 0 Å². The molecule has 0 aliphatic carbocycles. The highest BCUT2D eigenvalue weighted by molar-refractivity contribution is 6.07. The van der Waals surface area contributed by atoms with Gasteiger partial charge in [0.2, 0.25) is 11.8 Å². The van der Waals surface area contributed by atoms with Crippen molar-refractivity contribution < 1.29 is 24.2 Å². The van der Waals surface area contributed by atoms with E-state index in [4.69, 9.17) is 4.74 Å². The van der Waals surface area contributed by atoms with Crippen molar-refractivity contribution in [2.24, 2.45) is 11.8 Å². The van der Waals surface area contributed by atoms with Gasteiger partial charge in [0.15, 0.2) is 0 Å². The molecule has 0 aromatic heterocycles. The van der Waals surface area contributed by atoms with Crippen LogP contribution in [0.25, 0.3) is 0 Å². The molecule has 248 valence electrons. The first-order valence-electron chi connectivity index (χ1n) is 16.9. The van der Waals surface area contributed by atoms with Crippen molar-refractivity contribution in [3.63, 3.8) is 0 Å². The first-order valence-corrected chi connectivity index (χ1v) is 16.9. The van der Waals surface area contributed by atoms with Crippen molar-refractivity contribution in [1.82, 2.24) is 4.90 Å². The summed E-state index contributed by atoms with van der Waals surface area (Å²) in [7, 11) is 0. The minimum absolute atomic E-state index is 0.218. The zero-order valence-electron chi connectivity index (χ0n) is 27.4. The minimum Gasteiger partial charge on any atom is -0.394 e. The number of ether oxygens (including phenoxy) is 1. The molecule has 2 saturated heterocycles. The van der Waals surface area contributed by atoms with E-state index in [-0.39, 0.29) is 30.9 Å². The van der Waals surface area contributed by atoms with Gasteiger partial charge in [-0.25, -0.2) is 0 Å². The van der Waals surface area contributed by atoms with E-state index in [0.29, 0.717) is 18.7 Å². The van der Waals surface area contributed by atoms with Crippen LogP contribution in [0.5, 0.6) is 0 Å². The van der Waals surface area contributed by atoms with Gasteiger partial charge in [-0.05, 0) is 62.2 Å². The Kier molecular flexibility index (Phi) is 8.66. The quantitative estimate of drug-likeness (QED) is 0.350. The zero-order valence-corrected chi connectivity index (χ0v) is 27.4. The SMILES string of the molecule is CCN(CC)c1ccc(N2CC=C[C@]34O[C@@H]5C=CCN(c6ccccc6)C(=O)[C@@H]5[C@H]3C(=O)N([C@@H](CO)Cc3ccccc3)C4C2=O)cc1. The largest absolute Gasteiger partial charge is 0.394 e. The van der Waals surface area contributed by atoms with Crippen LogP contribution in [-0.4, -0.2) is 84.3 Å². The second-order valence-corrected chi connectivity index (χ2v) is 12.9. The third-order valence-corrected chi connectivity index (χ3v) is 10.4. The number of hydrogen-bond donors (Lipinski definition) is 1. The first kappa shape index (κ1) is 31.8. The molecule has 9 nitrogen and oxygen atoms in total. The van der Waals surface area contributed by atoms with Gasteiger partial charge in [0.25, 0.3) is 5.91 Å². The third kappa shape index (κ3) is 5.22. The van der Waals surface area contributed by atoms with Crippen LogP contribution < -0.4 is 14.7 Å². The molecule has 7 rings (SSSR count). The fourth-order valence-electron chi connectivity index (χ4n) is 8.11. The Balaban J connectivity index is 1.31. The van der Waals surface area contributed by atoms with Crippen molar-refractivity contribution in [3.8, 4) is 0 Å². The second-order valence-electron chi connectivity index (χ2n) is 12.9. The Bertz CT molecular complexity index is 1710. The zero-order chi connectivity index (χ0) is 33.4. The summed E-state index contributed by atoms with van der Waals surface area (Å²) < 4.78 is 6.86. The number of hydrogen-bond acceptors (Lipinski definition) is 6. The van der Waals surface area contributed by atoms with Gasteiger partial charge in [-0.1, -0.05) is 72.8 Å². The predicted molar refractivity (Wildman–Crippen MR) is 186 cm³/mol. The molecule has 6 atom stereocenters. The summed E-state index contributed by atoms with van der Waals surface area (Å²) in [6.07, 6.45) is 7.16. The van der Waals surface area contributed by atoms with Gasteiger partial charge >= 0.3 is 0 Å². The molecule has 3 aromatic carbocycles. The number of para-hydroxylation sites is 1. The third-order valence-electron chi connectivity index (χ3n) is 10.4. The molecule has 2 fully saturated rings.